The molecule has 2 aliphatic carbocycles. The van der Waals surface area contributed by atoms with Gasteiger partial charge in [-0.25, -0.2) is 0 Å². The molecule has 3 rings (SSSR count). The van der Waals surface area contributed by atoms with E-state index in [4.69, 9.17) is 0 Å². The van der Waals surface area contributed by atoms with Crippen molar-refractivity contribution >= 4 is 0 Å². The van der Waals surface area contributed by atoms with E-state index in [0.717, 1.165) is 17.9 Å². The molecule has 1 fully saturated rings. The van der Waals surface area contributed by atoms with Crippen molar-refractivity contribution in [1.29, 1.82) is 0 Å². The monoisotopic (exact) mass is 285 g/mol. The number of fused-ring (bicyclic) bond motifs is 1. The minimum absolute atomic E-state index is 0.740. The molecule has 1 saturated carbocycles. The van der Waals surface area contributed by atoms with Crippen molar-refractivity contribution in [3.05, 3.63) is 34.9 Å². The molecule has 0 saturated heterocycles. The molecule has 1 heteroatoms. The summed E-state index contributed by atoms with van der Waals surface area (Å²) in [6, 6.07) is 8.18. The van der Waals surface area contributed by atoms with Gasteiger partial charge < -0.3 is 5.32 Å². The second-order valence-corrected chi connectivity index (χ2v) is 7.27. The fourth-order valence-electron chi connectivity index (χ4n) is 4.39. The van der Waals surface area contributed by atoms with Gasteiger partial charge in [-0.1, -0.05) is 44.4 Å². The first-order chi connectivity index (χ1) is 10.3. The average Bonchev–Trinajstić information content (AvgIpc) is 3.01. The normalized spacial score (nSPS) is 28.6. The van der Waals surface area contributed by atoms with Crippen molar-refractivity contribution in [3.8, 4) is 0 Å². The highest BCUT2D eigenvalue weighted by molar-refractivity contribution is 5.36. The van der Waals surface area contributed by atoms with Gasteiger partial charge in [-0.15, -0.1) is 0 Å². The van der Waals surface area contributed by atoms with Gasteiger partial charge in [-0.2, -0.15) is 0 Å². The van der Waals surface area contributed by atoms with Crippen LogP contribution in [0.25, 0.3) is 0 Å². The second-order valence-electron chi connectivity index (χ2n) is 7.27. The van der Waals surface area contributed by atoms with E-state index in [2.05, 4.69) is 37.5 Å². The van der Waals surface area contributed by atoms with E-state index >= 15 is 0 Å². The summed E-state index contributed by atoms with van der Waals surface area (Å²) < 4.78 is 0. The molecule has 1 nitrogen and oxygen atoms in total. The predicted octanol–water partition coefficient (Wildman–Crippen LogP) is 4.84. The van der Waals surface area contributed by atoms with Crippen molar-refractivity contribution in [2.75, 3.05) is 7.05 Å². The van der Waals surface area contributed by atoms with Gasteiger partial charge in [0.05, 0.1) is 0 Å². The number of nitrogens with one attached hydrogen (secondary N) is 1. The summed E-state index contributed by atoms with van der Waals surface area (Å²) in [7, 11) is 2.11. The number of benzene rings is 1. The highest BCUT2D eigenvalue weighted by atomic mass is 14.9. The van der Waals surface area contributed by atoms with Crippen molar-refractivity contribution in [2.45, 2.75) is 76.7 Å². The van der Waals surface area contributed by atoms with E-state index in [9.17, 15) is 0 Å². The highest BCUT2D eigenvalue weighted by Gasteiger charge is 2.26. The van der Waals surface area contributed by atoms with Crippen molar-refractivity contribution in [2.24, 2.45) is 5.92 Å². The summed E-state index contributed by atoms with van der Waals surface area (Å²) in [6.45, 7) is 2.31. The highest BCUT2D eigenvalue weighted by Crippen LogP contribution is 2.37. The van der Waals surface area contributed by atoms with Gasteiger partial charge in [0.15, 0.2) is 0 Å². The van der Waals surface area contributed by atoms with Crippen LogP contribution in [0.1, 0.15) is 74.5 Å². The molecule has 0 bridgehead atoms. The molecule has 0 aromatic heterocycles. The lowest BCUT2D eigenvalue weighted by Gasteiger charge is -2.26. The van der Waals surface area contributed by atoms with Gasteiger partial charge in [0.2, 0.25) is 0 Å². The quantitative estimate of drug-likeness (QED) is 0.816. The maximum Gasteiger partial charge on any atom is 0.00701 e. The van der Waals surface area contributed by atoms with E-state index in [1.54, 1.807) is 16.7 Å². The first kappa shape index (κ1) is 15.1. The Kier molecular flexibility index (Phi) is 5.00. The Bertz CT molecular complexity index is 465. The molecule has 0 spiro atoms. The minimum atomic E-state index is 0.740. The van der Waals surface area contributed by atoms with Gasteiger partial charge >= 0.3 is 0 Å². The number of hydrogen-bond acceptors (Lipinski definition) is 1. The van der Waals surface area contributed by atoms with Gasteiger partial charge in [0.25, 0.3) is 0 Å². The molecule has 0 radical (unpaired) electrons. The third-order valence-corrected chi connectivity index (χ3v) is 5.84. The Morgan fingerprint density at radius 2 is 2.05 bits per heavy atom. The second kappa shape index (κ2) is 6.96. The van der Waals surface area contributed by atoms with Crippen LogP contribution in [0, 0.1) is 5.92 Å². The van der Waals surface area contributed by atoms with Crippen LogP contribution < -0.4 is 5.32 Å². The molecular formula is C20H31N. The average molecular weight is 285 g/mol. The van der Waals surface area contributed by atoms with Crippen LogP contribution in [0.2, 0.25) is 0 Å². The number of unbranched alkanes of at least 4 members (excludes halogenated alkanes) is 1. The van der Waals surface area contributed by atoms with E-state index in [1.165, 1.54) is 57.8 Å². The molecule has 0 heterocycles. The Morgan fingerprint density at radius 1 is 1.14 bits per heavy atom. The molecule has 116 valence electrons. The summed E-state index contributed by atoms with van der Waals surface area (Å²) in [5, 5.41) is 3.45. The summed E-state index contributed by atoms with van der Waals surface area (Å²) in [5.41, 5.74) is 4.92. The smallest absolute Gasteiger partial charge is 0.00701 e. The molecule has 1 unspecified atom stereocenters. The SMILES string of the molecule is CCCC[C@H]1CCc2cc(C3CC[C@@H](NC)C3)ccc2C1. The standard InChI is InChI=1S/C20H31N/c1-3-4-5-15-6-7-17-13-18(9-8-16(17)12-15)19-10-11-20(14-19)21-2/h8-9,13,15,19-21H,3-7,10-12,14H2,1-2H3/t15-,19?,20+/m0/s1. The van der Waals surface area contributed by atoms with E-state index in [1.807, 2.05) is 0 Å². The van der Waals surface area contributed by atoms with Crippen LogP contribution in [0.3, 0.4) is 0 Å². The zero-order valence-corrected chi connectivity index (χ0v) is 13.8. The summed E-state index contributed by atoms with van der Waals surface area (Å²) >= 11 is 0. The first-order valence-corrected chi connectivity index (χ1v) is 9.09. The van der Waals surface area contributed by atoms with Crippen LogP contribution in [0.15, 0.2) is 18.2 Å². The molecule has 0 aliphatic heterocycles. The molecule has 1 N–H and O–H groups in total. The Labute approximate surface area is 130 Å². The van der Waals surface area contributed by atoms with Crippen molar-refractivity contribution in [3.63, 3.8) is 0 Å². The lowest BCUT2D eigenvalue weighted by Crippen LogP contribution is -2.21. The zero-order valence-electron chi connectivity index (χ0n) is 13.8. The fourth-order valence-corrected chi connectivity index (χ4v) is 4.39. The molecule has 0 amide bonds. The van der Waals surface area contributed by atoms with Crippen LogP contribution in [-0.2, 0) is 12.8 Å². The predicted molar refractivity (Wildman–Crippen MR) is 90.9 cm³/mol. The third-order valence-electron chi connectivity index (χ3n) is 5.84. The van der Waals surface area contributed by atoms with Gasteiger partial charge in [-0.3, -0.25) is 0 Å². The summed E-state index contributed by atoms with van der Waals surface area (Å²) in [4.78, 5) is 0. The maximum absolute atomic E-state index is 3.45. The Balaban J connectivity index is 1.66. The number of aryl methyl sites for hydroxylation is 1. The Morgan fingerprint density at radius 3 is 2.81 bits per heavy atom. The largest absolute Gasteiger partial charge is 0.317 e. The fraction of sp³-hybridized carbons (Fsp3) is 0.700. The first-order valence-electron chi connectivity index (χ1n) is 9.09. The zero-order chi connectivity index (χ0) is 14.7. The molecule has 21 heavy (non-hydrogen) atoms. The van der Waals surface area contributed by atoms with Gasteiger partial charge in [0.1, 0.15) is 0 Å². The molecule has 3 atom stereocenters. The van der Waals surface area contributed by atoms with Crippen LogP contribution in [0.4, 0.5) is 0 Å². The minimum Gasteiger partial charge on any atom is -0.317 e. The summed E-state index contributed by atoms with van der Waals surface area (Å²) in [5.74, 6) is 1.74. The number of hydrogen-bond donors (Lipinski definition) is 1. The Hall–Kier alpha value is -0.820. The van der Waals surface area contributed by atoms with E-state index in [0.29, 0.717) is 0 Å². The topological polar surface area (TPSA) is 12.0 Å². The maximum atomic E-state index is 3.45. The van der Waals surface area contributed by atoms with Crippen molar-refractivity contribution in [1.82, 2.24) is 5.32 Å². The molecule has 1 aromatic rings. The molecular weight excluding hydrogens is 254 g/mol. The summed E-state index contributed by atoms with van der Waals surface area (Å²) in [6.07, 6.45) is 12.3. The van der Waals surface area contributed by atoms with Crippen LogP contribution in [-0.4, -0.2) is 13.1 Å². The molecule has 2 aliphatic rings. The lowest BCUT2D eigenvalue weighted by atomic mass is 9.80. The van der Waals surface area contributed by atoms with E-state index < -0.39 is 0 Å². The number of rotatable bonds is 5. The van der Waals surface area contributed by atoms with Crippen LogP contribution >= 0.6 is 0 Å². The van der Waals surface area contributed by atoms with Gasteiger partial charge in [-0.05, 0) is 74.1 Å². The molecule has 1 aromatic carbocycles. The third kappa shape index (κ3) is 3.51. The van der Waals surface area contributed by atoms with Crippen LogP contribution in [0.5, 0.6) is 0 Å². The van der Waals surface area contributed by atoms with Gasteiger partial charge in [0, 0.05) is 6.04 Å². The van der Waals surface area contributed by atoms with Crippen molar-refractivity contribution < 1.29 is 0 Å². The van der Waals surface area contributed by atoms with E-state index in [-0.39, 0.29) is 0 Å². The lowest BCUT2D eigenvalue weighted by molar-refractivity contribution is 0.412.